The molecule has 1 aromatic rings. The van der Waals surface area contributed by atoms with Gasteiger partial charge in [0.05, 0.1) is 12.3 Å². The van der Waals surface area contributed by atoms with E-state index in [4.69, 9.17) is 10.3 Å². The minimum absolute atomic E-state index is 0.102. The van der Waals surface area contributed by atoms with Crippen molar-refractivity contribution in [1.82, 2.24) is 5.43 Å². The third-order valence-corrected chi connectivity index (χ3v) is 3.91. The fraction of sp³-hybridized carbons (Fsp3) is 0.556. The van der Waals surface area contributed by atoms with E-state index in [-0.39, 0.29) is 11.8 Å². The number of hydrogen-bond acceptors (Lipinski definition) is 5. The lowest BCUT2D eigenvalue weighted by Gasteiger charge is -2.14. The van der Waals surface area contributed by atoms with Crippen LogP contribution in [0.4, 0.5) is 0 Å². The summed E-state index contributed by atoms with van der Waals surface area (Å²) in [6.45, 7) is 0. The summed E-state index contributed by atoms with van der Waals surface area (Å²) in [5.41, 5.74) is 3.55. The minimum Gasteiger partial charge on any atom is -0.457 e. The lowest BCUT2D eigenvalue weighted by Crippen LogP contribution is -2.28. The molecule has 1 aromatic heterocycles. The molecule has 1 heterocycles. The Labute approximate surface area is 103 Å². The Morgan fingerprint density at radius 2 is 2.31 bits per heavy atom. The van der Waals surface area contributed by atoms with Gasteiger partial charge in [-0.05, 0) is 34.8 Å². The summed E-state index contributed by atoms with van der Waals surface area (Å²) in [5.74, 6) is 5.59. The van der Waals surface area contributed by atoms with Crippen molar-refractivity contribution >= 4 is 25.8 Å². The van der Waals surface area contributed by atoms with Crippen molar-refractivity contribution in [2.45, 2.75) is 18.9 Å². The van der Waals surface area contributed by atoms with E-state index in [0.717, 1.165) is 5.56 Å². The van der Waals surface area contributed by atoms with Crippen molar-refractivity contribution in [3.05, 3.63) is 22.6 Å². The molecule has 92 valence electrons. The number of furan rings is 1. The lowest BCUT2D eigenvalue weighted by atomic mass is 10.1. The standard InChI is InChI=1S/C9H15BrN2O3S/c1-16(13,14)6-2-3-8(12-11)7-4-5-15-9(7)10/h4-5,8,12H,2-3,6,11H2,1H3. The Morgan fingerprint density at radius 1 is 1.62 bits per heavy atom. The van der Waals surface area contributed by atoms with Crippen LogP contribution in [-0.2, 0) is 9.84 Å². The first kappa shape index (κ1) is 13.7. The van der Waals surface area contributed by atoms with Gasteiger partial charge in [-0.15, -0.1) is 0 Å². The third kappa shape index (κ3) is 4.25. The van der Waals surface area contributed by atoms with Gasteiger partial charge in [-0.1, -0.05) is 0 Å². The molecule has 0 saturated heterocycles. The maximum Gasteiger partial charge on any atom is 0.173 e. The van der Waals surface area contributed by atoms with Crippen LogP contribution in [0, 0.1) is 0 Å². The molecule has 5 nitrogen and oxygen atoms in total. The molecular weight excluding hydrogens is 296 g/mol. The van der Waals surface area contributed by atoms with E-state index in [1.54, 1.807) is 12.3 Å². The van der Waals surface area contributed by atoms with E-state index in [0.29, 0.717) is 17.5 Å². The molecule has 7 heteroatoms. The molecule has 0 amide bonds. The van der Waals surface area contributed by atoms with Crippen LogP contribution in [0.1, 0.15) is 24.4 Å². The molecule has 1 atom stereocenters. The topological polar surface area (TPSA) is 85.3 Å². The van der Waals surface area contributed by atoms with Crippen LogP contribution >= 0.6 is 15.9 Å². The van der Waals surface area contributed by atoms with E-state index >= 15 is 0 Å². The van der Waals surface area contributed by atoms with E-state index in [1.807, 2.05) is 0 Å². The van der Waals surface area contributed by atoms with Gasteiger partial charge in [0.1, 0.15) is 9.84 Å². The molecule has 0 fully saturated rings. The predicted octanol–water partition coefficient (Wildman–Crippen LogP) is 1.37. The van der Waals surface area contributed by atoms with Gasteiger partial charge >= 0.3 is 0 Å². The van der Waals surface area contributed by atoms with Crippen LogP contribution in [0.15, 0.2) is 21.4 Å². The average molecular weight is 311 g/mol. The van der Waals surface area contributed by atoms with Gasteiger partial charge in [0.2, 0.25) is 0 Å². The number of nitrogens with two attached hydrogens (primary N) is 1. The average Bonchev–Trinajstić information content (AvgIpc) is 2.58. The molecular formula is C9H15BrN2O3S. The van der Waals surface area contributed by atoms with Crippen LogP contribution in [0.3, 0.4) is 0 Å². The highest BCUT2D eigenvalue weighted by Crippen LogP contribution is 2.27. The molecule has 0 saturated carbocycles. The number of sulfone groups is 1. The highest BCUT2D eigenvalue weighted by Gasteiger charge is 2.15. The zero-order chi connectivity index (χ0) is 12.2. The molecule has 16 heavy (non-hydrogen) atoms. The molecule has 0 radical (unpaired) electrons. The van der Waals surface area contributed by atoms with Crippen molar-refractivity contribution in [2.75, 3.05) is 12.0 Å². The Morgan fingerprint density at radius 3 is 2.75 bits per heavy atom. The van der Waals surface area contributed by atoms with Gasteiger partial charge in [-0.2, -0.15) is 0 Å². The monoisotopic (exact) mass is 310 g/mol. The first-order chi connectivity index (χ1) is 7.44. The van der Waals surface area contributed by atoms with Crippen LogP contribution < -0.4 is 11.3 Å². The highest BCUT2D eigenvalue weighted by molar-refractivity contribution is 9.10. The number of nitrogens with one attached hydrogen (secondary N) is 1. The van der Waals surface area contributed by atoms with Crippen molar-refractivity contribution in [2.24, 2.45) is 5.84 Å². The molecule has 0 bridgehead atoms. The first-order valence-electron chi connectivity index (χ1n) is 4.81. The second-order valence-electron chi connectivity index (χ2n) is 3.64. The predicted molar refractivity (Wildman–Crippen MR) is 65.4 cm³/mol. The molecule has 1 rings (SSSR count). The zero-order valence-corrected chi connectivity index (χ0v) is 11.3. The summed E-state index contributed by atoms with van der Waals surface area (Å²) in [7, 11) is -2.91. The number of hydrazine groups is 1. The summed E-state index contributed by atoms with van der Waals surface area (Å²) in [4.78, 5) is 0. The Hall–Kier alpha value is -0.370. The fourth-order valence-electron chi connectivity index (χ4n) is 1.43. The largest absolute Gasteiger partial charge is 0.457 e. The van der Waals surface area contributed by atoms with Crippen LogP contribution in [0.25, 0.3) is 0 Å². The molecule has 3 N–H and O–H groups in total. The van der Waals surface area contributed by atoms with E-state index in [9.17, 15) is 8.42 Å². The van der Waals surface area contributed by atoms with Crippen LogP contribution in [0.5, 0.6) is 0 Å². The van der Waals surface area contributed by atoms with Gasteiger partial charge in [0, 0.05) is 17.6 Å². The molecule has 0 spiro atoms. The zero-order valence-electron chi connectivity index (χ0n) is 8.94. The lowest BCUT2D eigenvalue weighted by molar-refractivity contribution is 0.484. The third-order valence-electron chi connectivity index (χ3n) is 2.23. The molecule has 0 aliphatic carbocycles. The summed E-state index contributed by atoms with van der Waals surface area (Å²) in [6, 6.07) is 1.70. The van der Waals surface area contributed by atoms with Gasteiger partial charge in [-0.25, -0.2) is 8.42 Å². The molecule has 0 aromatic carbocycles. The summed E-state index contributed by atoms with van der Waals surface area (Å²) in [5, 5.41) is 0. The summed E-state index contributed by atoms with van der Waals surface area (Å²) >= 11 is 3.26. The van der Waals surface area contributed by atoms with Crippen molar-refractivity contribution < 1.29 is 12.8 Å². The maximum absolute atomic E-state index is 11.0. The van der Waals surface area contributed by atoms with Crippen molar-refractivity contribution in [3.63, 3.8) is 0 Å². The van der Waals surface area contributed by atoms with Crippen LogP contribution in [-0.4, -0.2) is 20.4 Å². The Bertz CT molecular complexity index is 430. The molecule has 1 unspecified atom stereocenters. The molecule has 0 aliphatic heterocycles. The van der Waals surface area contributed by atoms with Crippen molar-refractivity contribution in [3.8, 4) is 0 Å². The first-order valence-corrected chi connectivity index (χ1v) is 7.66. The van der Waals surface area contributed by atoms with Gasteiger partial charge in [-0.3, -0.25) is 11.3 Å². The SMILES string of the molecule is CS(=O)(=O)CCCC(NN)c1ccoc1Br. The van der Waals surface area contributed by atoms with Crippen molar-refractivity contribution in [1.29, 1.82) is 0 Å². The fourth-order valence-corrected chi connectivity index (χ4v) is 2.64. The number of rotatable bonds is 6. The van der Waals surface area contributed by atoms with Gasteiger partial charge < -0.3 is 4.42 Å². The molecule has 0 aliphatic rings. The van der Waals surface area contributed by atoms with Gasteiger partial charge in [0.15, 0.2) is 4.67 Å². The Kier molecular flexibility index (Phi) is 4.97. The van der Waals surface area contributed by atoms with E-state index < -0.39 is 9.84 Å². The summed E-state index contributed by atoms with van der Waals surface area (Å²) < 4.78 is 27.7. The number of hydrogen-bond donors (Lipinski definition) is 2. The number of halogens is 1. The van der Waals surface area contributed by atoms with E-state index in [1.165, 1.54) is 6.26 Å². The highest BCUT2D eigenvalue weighted by atomic mass is 79.9. The smallest absolute Gasteiger partial charge is 0.173 e. The Balaban J connectivity index is 2.54. The maximum atomic E-state index is 11.0. The normalized spacial score (nSPS) is 13.9. The summed E-state index contributed by atoms with van der Waals surface area (Å²) in [6.07, 6.45) is 3.99. The second kappa shape index (κ2) is 5.81. The van der Waals surface area contributed by atoms with E-state index in [2.05, 4.69) is 21.4 Å². The van der Waals surface area contributed by atoms with Gasteiger partial charge in [0.25, 0.3) is 0 Å². The minimum atomic E-state index is -2.91. The second-order valence-corrected chi connectivity index (χ2v) is 6.62. The quantitative estimate of drug-likeness (QED) is 0.612. The van der Waals surface area contributed by atoms with Crippen LogP contribution in [0.2, 0.25) is 0 Å².